The zero-order valence-electron chi connectivity index (χ0n) is 15.9. The van der Waals surface area contributed by atoms with Crippen molar-refractivity contribution in [1.82, 2.24) is 9.80 Å². The van der Waals surface area contributed by atoms with Crippen LogP contribution in [0.15, 0.2) is 60.3 Å². The van der Waals surface area contributed by atoms with E-state index < -0.39 is 0 Å². The molecule has 0 bridgehead atoms. The van der Waals surface area contributed by atoms with E-state index in [1.165, 1.54) is 17.0 Å². The van der Waals surface area contributed by atoms with Crippen LogP contribution in [0.5, 0.6) is 0 Å². The maximum Gasteiger partial charge on any atom is 0.278 e. The number of likely N-dealkylation sites (tertiary alicyclic amines) is 1. The Morgan fingerprint density at radius 1 is 0.929 bits per heavy atom. The average molecular weight is 378 g/mol. The molecule has 4 nitrogen and oxygen atoms in total. The van der Waals surface area contributed by atoms with Gasteiger partial charge in [-0.2, -0.15) is 0 Å². The minimum absolute atomic E-state index is 0.233. The smallest absolute Gasteiger partial charge is 0.278 e. The maximum absolute atomic E-state index is 13.4. The molecule has 1 fully saturated rings. The third-order valence-corrected chi connectivity index (χ3v) is 5.56. The molecule has 2 aliphatic rings. The van der Waals surface area contributed by atoms with Crippen LogP contribution in [0.1, 0.15) is 30.9 Å². The van der Waals surface area contributed by atoms with Crippen LogP contribution in [0.2, 0.25) is 0 Å². The Morgan fingerprint density at radius 3 is 2.21 bits per heavy atom. The first kappa shape index (κ1) is 18.4. The van der Waals surface area contributed by atoms with Gasteiger partial charge in [0.2, 0.25) is 0 Å². The lowest BCUT2D eigenvalue weighted by Crippen LogP contribution is -2.38. The number of hydrogen-bond donors (Lipinski definition) is 0. The fraction of sp³-hybridized carbons (Fsp3) is 0.304. The van der Waals surface area contributed by atoms with Gasteiger partial charge < -0.3 is 4.90 Å². The minimum atomic E-state index is -0.365. The molecule has 0 unspecified atom stereocenters. The highest BCUT2D eigenvalue weighted by atomic mass is 19.1. The molecule has 0 aromatic heterocycles. The van der Waals surface area contributed by atoms with E-state index in [-0.39, 0.29) is 24.2 Å². The summed E-state index contributed by atoms with van der Waals surface area (Å²) in [5, 5.41) is 0. The van der Waals surface area contributed by atoms with Crippen LogP contribution in [-0.2, 0) is 16.1 Å². The van der Waals surface area contributed by atoms with Gasteiger partial charge in [-0.15, -0.1) is 0 Å². The molecule has 2 amide bonds. The lowest BCUT2D eigenvalue weighted by Gasteiger charge is -2.32. The van der Waals surface area contributed by atoms with Gasteiger partial charge in [-0.3, -0.25) is 14.5 Å². The van der Waals surface area contributed by atoms with E-state index in [0.29, 0.717) is 22.8 Å². The molecule has 28 heavy (non-hydrogen) atoms. The molecule has 0 aliphatic carbocycles. The fourth-order valence-electron chi connectivity index (χ4n) is 3.88. The van der Waals surface area contributed by atoms with Crippen LogP contribution >= 0.6 is 0 Å². The van der Waals surface area contributed by atoms with Gasteiger partial charge in [-0.25, -0.2) is 4.39 Å². The Kier molecular flexibility index (Phi) is 4.99. The number of carbonyl (C=O) groups is 2. The average Bonchev–Trinajstić information content (AvgIpc) is 2.95. The summed E-state index contributed by atoms with van der Waals surface area (Å²) in [4.78, 5) is 29.9. The molecule has 4 rings (SSSR count). The highest BCUT2D eigenvalue weighted by Gasteiger charge is 2.42. The normalized spacial score (nSPS) is 18.4. The van der Waals surface area contributed by atoms with Crippen LogP contribution in [0, 0.1) is 11.7 Å². The Labute approximate surface area is 164 Å². The number of piperidine rings is 1. The molecule has 0 N–H and O–H groups in total. The van der Waals surface area contributed by atoms with Gasteiger partial charge in [0.15, 0.2) is 0 Å². The zero-order chi connectivity index (χ0) is 19.7. The number of imide groups is 1. The summed E-state index contributed by atoms with van der Waals surface area (Å²) < 4.78 is 13.4. The van der Waals surface area contributed by atoms with Gasteiger partial charge in [0.25, 0.3) is 11.8 Å². The fourth-order valence-corrected chi connectivity index (χ4v) is 3.88. The molecule has 0 saturated carbocycles. The van der Waals surface area contributed by atoms with E-state index in [9.17, 15) is 14.0 Å². The maximum atomic E-state index is 13.4. The standard InChI is InChI=1S/C23H23FN2O2/c1-16-11-13-25(14-12-16)21-20(18-7-9-19(24)10-8-18)22(27)26(23(21)28)15-17-5-3-2-4-6-17/h2-10,16H,11-15H2,1H3. The molecular weight excluding hydrogens is 355 g/mol. The van der Waals surface area contributed by atoms with Gasteiger partial charge in [-0.05, 0) is 42.0 Å². The van der Waals surface area contributed by atoms with Gasteiger partial charge in [0, 0.05) is 13.1 Å². The van der Waals surface area contributed by atoms with Crippen molar-refractivity contribution >= 4 is 17.4 Å². The molecule has 2 aromatic carbocycles. The van der Waals surface area contributed by atoms with Crippen molar-refractivity contribution in [3.05, 3.63) is 77.2 Å². The lowest BCUT2D eigenvalue weighted by molar-refractivity contribution is -0.138. The summed E-state index contributed by atoms with van der Waals surface area (Å²) in [5.41, 5.74) is 2.33. The molecule has 2 aromatic rings. The number of hydrogen-bond acceptors (Lipinski definition) is 3. The third kappa shape index (κ3) is 3.44. The molecular formula is C23H23FN2O2. The van der Waals surface area contributed by atoms with Gasteiger partial charge in [0.1, 0.15) is 11.5 Å². The quantitative estimate of drug-likeness (QED) is 0.759. The van der Waals surface area contributed by atoms with Crippen molar-refractivity contribution in [3.63, 3.8) is 0 Å². The summed E-state index contributed by atoms with van der Waals surface area (Å²) in [7, 11) is 0. The largest absolute Gasteiger partial charge is 0.366 e. The third-order valence-electron chi connectivity index (χ3n) is 5.56. The number of carbonyl (C=O) groups excluding carboxylic acids is 2. The molecule has 1 saturated heterocycles. The summed E-state index contributed by atoms with van der Waals surface area (Å²) in [6, 6.07) is 15.3. The molecule has 5 heteroatoms. The second-order valence-electron chi connectivity index (χ2n) is 7.58. The first-order valence-corrected chi connectivity index (χ1v) is 9.70. The topological polar surface area (TPSA) is 40.6 Å². The summed E-state index contributed by atoms with van der Waals surface area (Å²) in [5.74, 6) is -0.328. The Bertz CT molecular complexity index is 913. The Morgan fingerprint density at radius 2 is 1.57 bits per heavy atom. The van der Waals surface area contributed by atoms with Gasteiger partial charge in [0.05, 0.1) is 12.1 Å². The van der Waals surface area contributed by atoms with Crippen LogP contribution in [-0.4, -0.2) is 34.7 Å². The van der Waals surface area contributed by atoms with E-state index in [1.807, 2.05) is 35.2 Å². The monoisotopic (exact) mass is 378 g/mol. The number of rotatable bonds is 4. The van der Waals surface area contributed by atoms with Crippen molar-refractivity contribution in [1.29, 1.82) is 0 Å². The minimum Gasteiger partial charge on any atom is -0.366 e. The van der Waals surface area contributed by atoms with E-state index in [2.05, 4.69) is 6.92 Å². The highest BCUT2D eigenvalue weighted by Crippen LogP contribution is 2.34. The zero-order valence-corrected chi connectivity index (χ0v) is 15.9. The van der Waals surface area contributed by atoms with Crippen LogP contribution in [0.3, 0.4) is 0 Å². The van der Waals surface area contributed by atoms with E-state index in [0.717, 1.165) is 31.5 Å². The van der Waals surface area contributed by atoms with Gasteiger partial charge >= 0.3 is 0 Å². The lowest BCUT2D eigenvalue weighted by atomic mass is 9.97. The second-order valence-corrected chi connectivity index (χ2v) is 7.58. The molecule has 144 valence electrons. The summed E-state index contributed by atoms with van der Waals surface area (Å²) >= 11 is 0. The van der Waals surface area contributed by atoms with Crippen molar-refractivity contribution in [2.45, 2.75) is 26.3 Å². The van der Waals surface area contributed by atoms with Crippen molar-refractivity contribution in [2.75, 3.05) is 13.1 Å². The van der Waals surface area contributed by atoms with E-state index >= 15 is 0 Å². The number of amides is 2. The Balaban J connectivity index is 1.72. The van der Waals surface area contributed by atoms with Crippen LogP contribution in [0.25, 0.3) is 5.57 Å². The van der Waals surface area contributed by atoms with Gasteiger partial charge in [-0.1, -0.05) is 49.4 Å². The predicted molar refractivity (Wildman–Crippen MR) is 105 cm³/mol. The van der Waals surface area contributed by atoms with Crippen molar-refractivity contribution < 1.29 is 14.0 Å². The van der Waals surface area contributed by atoms with E-state index in [1.54, 1.807) is 12.1 Å². The van der Waals surface area contributed by atoms with E-state index in [4.69, 9.17) is 0 Å². The van der Waals surface area contributed by atoms with Crippen molar-refractivity contribution in [3.8, 4) is 0 Å². The molecule has 2 heterocycles. The van der Waals surface area contributed by atoms with Crippen LogP contribution in [0.4, 0.5) is 4.39 Å². The number of halogens is 1. The molecule has 2 aliphatic heterocycles. The second kappa shape index (κ2) is 7.58. The predicted octanol–water partition coefficient (Wildman–Crippen LogP) is 3.84. The highest BCUT2D eigenvalue weighted by molar-refractivity contribution is 6.35. The molecule has 0 atom stereocenters. The van der Waals surface area contributed by atoms with Crippen LogP contribution < -0.4 is 0 Å². The number of benzene rings is 2. The molecule has 0 radical (unpaired) electrons. The first-order valence-electron chi connectivity index (χ1n) is 9.70. The molecule has 0 spiro atoms. The SMILES string of the molecule is CC1CCN(C2=C(c3ccc(F)cc3)C(=O)N(Cc3ccccc3)C2=O)CC1. The number of nitrogens with zero attached hydrogens (tertiary/aromatic N) is 2. The summed E-state index contributed by atoms with van der Waals surface area (Å²) in [6.07, 6.45) is 1.97. The summed E-state index contributed by atoms with van der Waals surface area (Å²) in [6.45, 7) is 3.94. The Hall–Kier alpha value is -2.95. The first-order chi connectivity index (χ1) is 13.5. The van der Waals surface area contributed by atoms with Crippen molar-refractivity contribution in [2.24, 2.45) is 5.92 Å².